The third-order valence-corrected chi connectivity index (χ3v) is 6.99. The van der Waals surface area contributed by atoms with Gasteiger partial charge in [0.1, 0.15) is 0 Å². The maximum Gasteiger partial charge on any atom is 0.271 e. The van der Waals surface area contributed by atoms with Crippen molar-refractivity contribution >= 4 is 45.4 Å². The fraction of sp³-hybridized carbons (Fsp3) is 0.115. The van der Waals surface area contributed by atoms with Crippen molar-refractivity contribution < 1.29 is 9.72 Å². The predicted octanol–water partition coefficient (Wildman–Crippen LogP) is 5.49. The molecule has 0 radical (unpaired) electrons. The Balaban J connectivity index is 1.68. The number of hydrazone groups is 2. The Kier molecular flexibility index (Phi) is 5.70. The topological polar surface area (TPSA) is 91.4 Å². The highest BCUT2D eigenvalue weighted by Gasteiger charge is 2.51. The van der Waals surface area contributed by atoms with E-state index in [2.05, 4.69) is 5.10 Å². The summed E-state index contributed by atoms with van der Waals surface area (Å²) in [6.07, 6.45) is 3.84. The van der Waals surface area contributed by atoms with E-state index in [1.54, 1.807) is 17.1 Å². The minimum atomic E-state index is -1.08. The van der Waals surface area contributed by atoms with Crippen molar-refractivity contribution in [2.75, 3.05) is 10.0 Å². The first-order valence-corrected chi connectivity index (χ1v) is 11.7. The molecule has 3 aromatic rings. The summed E-state index contributed by atoms with van der Waals surface area (Å²) in [6.45, 7) is 3.48. The van der Waals surface area contributed by atoms with E-state index in [1.165, 1.54) is 30.8 Å². The molecule has 0 aromatic heterocycles. The average Bonchev–Trinajstić information content (AvgIpc) is 3.25. The van der Waals surface area contributed by atoms with Crippen molar-refractivity contribution in [3.8, 4) is 0 Å². The smallest absolute Gasteiger partial charge is 0.271 e. The third-order valence-electron chi connectivity index (χ3n) is 5.65. The second-order valence-corrected chi connectivity index (χ2v) is 9.33. The number of nitrogens with zero attached hydrogens (tertiary/aromatic N) is 5. The number of thioether (sulfide) groups is 1. The van der Waals surface area contributed by atoms with Gasteiger partial charge in [0.2, 0.25) is 4.99 Å². The summed E-state index contributed by atoms with van der Waals surface area (Å²) in [6, 6.07) is 23.9. The van der Waals surface area contributed by atoms with Gasteiger partial charge < -0.3 is 0 Å². The van der Waals surface area contributed by atoms with Gasteiger partial charge in [0, 0.05) is 24.6 Å². The molecule has 0 aliphatic carbocycles. The summed E-state index contributed by atoms with van der Waals surface area (Å²) in [5, 5.41) is 24.8. The van der Waals surface area contributed by atoms with Crippen molar-refractivity contribution in [3.05, 3.63) is 112 Å². The average molecular weight is 484 g/mol. The normalized spacial score (nSPS) is 19.0. The molecule has 0 N–H and O–H groups in total. The monoisotopic (exact) mass is 483 g/mol. The molecule has 5 rings (SSSR count). The van der Waals surface area contributed by atoms with Crippen LogP contribution in [-0.2, 0) is 4.79 Å². The molecular formula is C26H21N5O3S. The van der Waals surface area contributed by atoms with Gasteiger partial charge in [0.05, 0.1) is 22.0 Å². The van der Waals surface area contributed by atoms with Crippen LogP contribution in [0.4, 0.5) is 17.1 Å². The number of rotatable bonds is 5. The van der Waals surface area contributed by atoms with E-state index in [4.69, 9.17) is 5.10 Å². The molecule has 0 amide bonds. The molecule has 3 aromatic carbocycles. The van der Waals surface area contributed by atoms with Crippen LogP contribution in [0, 0.1) is 17.0 Å². The summed E-state index contributed by atoms with van der Waals surface area (Å²) in [5.41, 5.74) is 4.03. The lowest BCUT2D eigenvalue weighted by molar-refractivity contribution is -0.384. The zero-order valence-electron chi connectivity index (χ0n) is 19.0. The number of nitro benzene ring substituents is 1. The fourth-order valence-corrected chi connectivity index (χ4v) is 5.04. The van der Waals surface area contributed by atoms with Crippen LogP contribution in [0.5, 0.6) is 0 Å². The summed E-state index contributed by atoms with van der Waals surface area (Å²) in [4.78, 5) is 22.4. The number of hydrogen-bond acceptors (Lipinski definition) is 8. The number of benzene rings is 3. The van der Waals surface area contributed by atoms with Crippen LogP contribution in [0.15, 0.2) is 101 Å². The standard InChI is InChI=1S/C26H21N5O3S/c1-18-11-13-20(14-12-18)24-15-16-26(29(27-24)21-7-4-3-5-8-21)30(28-25(35-26)19(2)32)22-9-6-10-23(17-22)31(33)34/h3-17H,1-2H3. The van der Waals surface area contributed by atoms with Crippen molar-refractivity contribution in [1.29, 1.82) is 0 Å². The van der Waals surface area contributed by atoms with E-state index in [0.29, 0.717) is 5.69 Å². The lowest BCUT2D eigenvalue weighted by Gasteiger charge is -2.43. The number of aryl methyl sites for hydroxylation is 1. The van der Waals surface area contributed by atoms with Crippen LogP contribution in [0.1, 0.15) is 18.1 Å². The molecule has 2 aliphatic rings. The molecule has 9 heteroatoms. The number of para-hydroxylation sites is 1. The Bertz CT molecular complexity index is 1400. The highest BCUT2D eigenvalue weighted by Crippen LogP contribution is 2.48. The number of anilines is 2. The van der Waals surface area contributed by atoms with Gasteiger partial charge >= 0.3 is 0 Å². The predicted molar refractivity (Wildman–Crippen MR) is 140 cm³/mol. The molecule has 1 atom stereocenters. The van der Waals surface area contributed by atoms with Crippen molar-refractivity contribution in [3.63, 3.8) is 0 Å². The SMILES string of the molecule is CC(=O)C1=NN(c2cccc([N+](=O)[O-])c2)C2(C=CC(c3ccc(C)cc3)=NN2c2ccccc2)S1. The van der Waals surface area contributed by atoms with E-state index in [-0.39, 0.29) is 16.5 Å². The highest BCUT2D eigenvalue weighted by atomic mass is 32.2. The van der Waals surface area contributed by atoms with E-state index in [1.807, 2.05) is 78.7 Å². The first-order valence-electron chi connectivity index (χ1n) is 10.9. The summed E-state index contributed by atoms with van der Waals surface area (Å²) in [5.74, 6) is -0.197. The third kappa shape index (κ3) is 4.10. The number of carbonyl (C=O) groups is 1. The minimum Gasteiger partial charge on any atom is -0.292 e. The molecule has 2 aliphatic heterocycles. The van der Waals surface area contributed by atoms with Gasteiger partial charge in [0.25, 0.3) is 5.69 Å². The van der Waals surface area contributed by atoms with E-state index >= 15 is 0 Å². The summed E-state index contributed by atoms with van der Waals surface area (Å²) in [7, 11) is 0. The van der Waals surface area contributed by atoms with Gasteiger partial charge in [-0.1, -0.05) is 54.1 Å². The second kappa shape index (κ2) is 8.84. The molecule has 0 bridgehead atoms. The molecule has 1 unspecified atom stereocenters. The number of allylic oxidation sites excluding steroid dienone is 1. The van der Waals surface area contributed by atoms with Crippen LogP contribution in [0.3, 0.4) is 0 Å². The zero-order valence-corrected chi connectivity index (χ0v) is 19.8. The second-order valence-electron chi connectivity index (χ2n) is 8.14. The number of hydrogen-bond donors (Lipinski definition) is 0. The van der Waals surface area contributed by atoms with Crippen molar-refractivity contribution in [1.82, 2.24) is 0 Å². The van der Waals surface area contributed by atoms with Crippen LogP contribution in [0.25, 0.3) is 0 Å². The lowest BCUT2D eigenvalue weighted by atomic mass is 10.1. The van der Waals surface area contributed by atoms with Crippen molar-refractivity contribution in [2.24, 2.45) is 10.2 Å². The van der Waals surface area contributed by atoms with Gasteiger partial charge in [0.15, 0.2) is 10.8 Å². The fourth-order valence-electron chi connectivity index (χ4n) is 3.89. The van der Waals surface area contributed by atoms with Crippen LogP contribution in [-0.4, -0.2) is 26.5 Å². The van der Waals surface area contributed by atoms with Crippen LogP contribution < -0.4 is 10.0 Å². The lowest BCUT2D eigenvalue weighted by Crippen LogP contribution is -2.53. The van der Waals surface area contributed by atoms with Gasteiger partial charge in [-0.05, 0) is 49.0 Å². The molecule has 0 saturated heterocycles. The first-order chi connectivity index (χ1) is 16.9. The Hall–Kier alpha value is -4.24. The first kappa shape index (κ1) is 22.5. The minimum absolute atomic E-state index is 0.0657. The molecule has 0 saturated carbocycles. The van der Waals surface area contributed by atoms with Gasteiger partial charge in [-0.25, -0.2) is 10.0 Å². The van der Waals surface area contributed by atoms with E-state index < -0.39 is 9.92 Å². The molecule has 2 heterocycles. The summed E-state index contributed by atoms with van der Waals surface area (Å²) < 4.78 is 0. The van der Waals surface area contributed by atoms with Crippen LogP contribution in [0.2, 0.25) is 0 Å². The molecule has 35 heavy (non-hydrogen) atoms. The Labute approximate surface area is 206 Å². The largest absolute Gasteiger partial charge is 0.292 e. The number of carbonyl (C=O) groups excluding carboxylic acids is 1. The number of non-ortho nitro benzene ring substituents is 1. The van der Waals surface area contributed by atoms with Gasteiger partial charge in [-0.3, -0.25) is 14.9 Å². The molecule has 174 valence electrons. The molecule has 8 nitrogen and oxygen atoms in total. The summed E-state index contributed by atoms with van der Waals surface area (Å²) >= 11 is 1.25. The molecule has 0 fully saturated rings. The Morgan fingerprint density at radius 1 is 0.943 bits per heavy atom. The Morgan fingerprint density at radius 3 is 2.31 bits per heavy atom. The quantitative estimate of drug-likeness (QED) is 0.352. The number of Topliss-reactive ketones (excluding diaryl/α,β-unsaturated/α-hetero) is 1. The molecular weight excluding hydrogens is 462 g/mol. The molecule has 1 spiro atoms. The highest BCUT2D eigenvalue weighted by molar-refractivity contribution is 8.17. The van der Waals surface area contributed by atoms with Gasteiger partial charge in [-0.15, -0.1) is 0 Å². The maximum atomic E-state index is 12.4. The Morgan fingerprint density at radius 2 is 1.63 bits per heavy atom. The maximum absolute atomic E-state index is 12.4. The van der Waals surface area contributed by atoms with E-state index in [0.717, 1.165) is 22.5 Å². The van der Waals surface area contributed by atoms with E-state index in [9.17, 15) is 14.9 Å². The van der Waals surface area contributed by atoms with Crippen LogP contribution >= 0.6 is 11.8 Å². The zero-order chi connectivity index (χ0) is 24.6. The van der Waals surface area contributed by atoms with Crippen molar-refractivity contribution in [2.45, 2.75) is 18.8 Å². The number of nitro groups is 1. The number of ketones is 1. The van der Waals surface area contributed by atoms with Gasteiger partial charge in [-0.2, -0.15) is 10.2 Å².